The summed E-state index contributed by atoms with van der Waals surface area (Å²) in [6.45, 7) is 0. The van der Waals surface area contributed by atoms with E-state index < -0.39 is 11.5 Å². The Morgan fingerprint density at radius 2 is 1.73 bits per heavy atom. The van der Waals surface area contributed by atoms with E-state index in [4.69, 9.17) is 0 Å². The SMILES string of the molecule is O=C(NC1(C(=O)O)CCSCC1)c1ccc2ccccc2c1. The topological polar surface area (TPSA) is 66.4 Å². The molecule has 0 unspecified atom stereocenters. The summed E-state index contributed by atoms with van der Waals surface area (Å²) in [5, 5.41) is 14.3. The highest BCUT2D eigenvalue weighted by Crippen LogP contribution is 2.28. The van der Waals surface area contributed by atoms with Crippen LogP contribution in [0, 0.1) is 0 Å². The summed E-state index contributed by atoms with van der Waals surface area (Å²) < 4.78 is 0. The Bertz CT molecular complexity index is 723. The Balaban J connectivity index is 1.86. The normalized spacial score (nSPS) is 17.1. The molecular formula is C17H17NO3S. The molecule has 3 rings (SSSR count). The molecule has 114 valence electrons. The zero-order chi connectivity index (χ0) is 15.6. The fourth-order valence-electron chi connectivity index (χ4n) is 2.73. The van der Waals surface area contributed by atoms with E-state index in [9.17, 15) is 14.7 Å². The number of rotatable bonds is 3. The van der Waals surface area contributed by atoms with E-state index in [1.54, 1.807) is 23.9 Å². The molecule has 0 aliphatic carbocycles. The van der Waals surface area contributed by atoms with Crippen molar-refractivity contribution in [3.63, 3.8) is 0 Å². The predicted molar refractivity (Wildman–Crippen MR) is 88.3 cm³/mol. The molecule has 2 N–H and O–H groups in total. The molecular weight excluding hydrogens is 298 g/mol. The third kappa shape index (κ3) is 2.81. The van der Waals surface area contributed by atoms with Crippen LogP contribution in [0.2, 0.25) is 0 Å². The van der Waals surface area contributed by atoms with Crippen LogP contribution >= 0.6 is 11.8 Å². The van der Waals surface area contributed by atoms with Crippen LogP contribution in [-0.2, 0) is 4.79 Å². The Kier molecular flexibility index (Phi) is 4.07. The van der Waals surface area contributed by atoms with Crippen LogP contribution < -0.4 is 5.32 Å². The first-order chi connectivity index (χ1) is 10.6. The first-order valence-corrected chi connectivity index (χ1v) is 8.39. The molecule has 5 heteroatoms. The highest BCUT2D eigenvalue weighted by Gasteiger charge is 2.41. The smallest absolute Gasteiger partial charge is 0.329 e. The zero-order valence-corrected chi connectivity index (χ0v) is 12.9. The van der Waals surface area contributed by atoms with Crippen molar-refractivity contribution in [3.8, 4) is 0 Å². The highest BCUT2D eigenvalue weighted by molar-refractivity contribution is 7.99. The Morgan fingerprint density at radius 1 is 1.05 bits per heavy atom. The van der Waals surface area contributed by atoms with Crippen molar-refractivity contribution in [1.29, 1.82) is 0 Å². The van der Waals surface area contributed by atoms with Crippen LogP contribution in [0.15, 0.2) is 42.5 Å². The van der Waals surface area contributed by atoms with Crippen LogP contribution in [0.25, 0.3) is 10.8 Å². The lowest BCUT2D eigenvalue weighted by Gasteiger charge is -2.33. The second-order valence-electron chi connectivity index (χ2n) is 5.52. The average Bonchev–Trinajstić information content (AvgIpc) is 2.55. The molecule has 1 amide bonds. The third-order valence-electron chi connectivity index (χ3n) is 4.12. The monoisotopic (exact) mass is 315 g/mol. The first kappa shape index (κ1) is 14.9. The summed E-state index contributed by atoms with van der Waals surface area (Å²) in [7, 11) is 0. The van der Waals surface area contributed by atoms with Crippen molar-refractivity contribution in [1.82, 2.24) is 5.32 Å². The van der Waals surface area contributed by atoms with Gasteiger partial charge < -0.3 is 10.4 Å². The van der Waals surface area contributed by atoms with Gasteiger partial charge in [0.05, 0.1) is 0 Å². The number of aliphatic carboxylic acids is 1. The van der Waals surface area contributed by atoms with Crippen LogP contribution in [0.3, 0.4) is 0 Å². The molecule has 1 heterocycles. The molecule has 0 saturated carbocycles. The molecule has 1 fully saturated rings. The summed E-state index contributed by atoms with van der Waals surface area (Å²) in [4.78, 5) is 24.1. The standard InChI is InChI=1S/C17H17NO3S/c19-15(18-17(16(20)21)7-9-22-10-8-17)14-6-5-12-3-1-2-4-13(12)11-14/h1-6,11H,7-10H2,(H,18,19)(H,20,21). The van der Waals surface area contributed by atoms with Crippen LogP contribution in [0.4, 0.5) is 0 Å². The van der Waals surface area contributed by atoms with Crippen LogP contribution in [-0.4, -0.2) is 34.0 Å². The van der Waals surface area contributed by atoms with Crippen molar-refractivity contribution < 1.29 is 14.7 Å². The average molecular weight is 315 g/mol. The predicted octanol–water partition coefficient (Wildman–Crippen LogP) is 2.92. The van der Waals surface area contributed by atoms with Gasteiger partial charge in [-0.3, -0.25) is 4.79 Å². The van der Waals surface area contributed by atoms with E-state index in [2.05, 4.69) is 5.32 Å². The maximum atomic E-state index is 12.5. The van der Waals surface area contributed by atoms with Gasteiger partial charge in [0, 0.05) is 5.56 Å². The minimum absolute atomic E-state index is 0.319. The number of fused-ring (bicyclic) bond motifs is 1. The van der Waals surface area contributed by atoms with E-state index in [1.165, 1.54) is 0 Å². The van der Waals surface area contributed by atoms with Crippen LogP contribution in [0.5, 0.6) is 0 Å². The van der Waals surface area contributed by atoms with Gasteiger partial charge in [0.2, 0.25) is 0 Å². The molecule has 1 saturated heterocycles. The second kappa shape index (κ2) is 6.01. The molecule has 0 aromatic heterocycles. The van der Waals surface area contributed by atoms with Gasteiger partial charge in [0.1, 0.15) is 5.54 Å². The van der Waals surface area contributed by atoms with Crippen molar-refractivity contribution in [3.05, 3.63) is 48.0 Å². The van der Waals surface area contributed by atoms with Crippen LogP contribution in [0.1, 0.15) is 23.2 Å². The number of hydrogen-bond acceptors (Lipinski definition) is 3. The molecule has 0 spiro atoms. The van der Waals surface area contributed by atoms with E-state index in [-0.39, 0.29) is 5.91 Å². The Morgan fingerprint density at radius 3 is 2.41 bits per heavy atom. The number of nitrogens with one attached hydrogen (secondary N) is 1. The molecule has 1 aliphatic heterocycles. The maximum Gasteiger partial charge on any atom is 0.329 e. The van der Waals surface area contributed by atoms with Gasteiger partial charge in [0.15, 0.2) is 0 Å². The first-order valence-electron chi connectivity index (χ1n) is 7.23. The maximum absolute atomic E-state index is 12.5. The van der Waals surface area contributed by atoms with Gasteiger partial charge in [-0.15, -0.1) is 0 Å². The van der Waals surface area contributed by atoms with Gasteiger partial charge in [0.25, 0.3) is 5.91 Å². The quantitative estimate of drug-likeness (QED) is 0.914. The molecule has 0 bridgehead atoms. The number of carbonyl (C=O) groups is 2. The minimum atomic E-state index is -1.13. The van der Waals surface area contributed by atoms with Gasteiger partial charge in [-0.1, -0.05) is 30.3 Å². The summed E-state index contributed by atoms with van der Waals surface area (Å²) in [6, 6.07) is 13.2. The summed E-state index contributed by atoms with van der Waals surface area (Å²) in [6.07, 6.45) is 0.929. The number of benzene rings is 2. The highest BCUT2D eigenvalue weighted by atomic mass is 32.2. The lowest BCUT2D eigenvalue weighted by Crippen LogP contribution is -2.56. The number of carbonyl (C=O) groups excluding carboxylic acids is 1. The number of amides is 1. The van der Waals surface area contributed by atoms with Gasteiger partial charge >= 0.3 is 5.97 Å². The number of thioether (sulfide) groups is 1. The number of hydrogen-bond donors (Lipinski definition) is 2. The largest absolute Gasteiger partial charge is 0.480 e. The van der Waals surface area contributed by atoms with Crippen molar-refractivity contribution >= 4 is 34.4 Å². The third-order valence-corrected chi connectivity index (χ3v) is 5.11. The van der Waals surface area contributed by atoms with Gasteiger partial charge in [-0.25, -0.2) is 4.79 Å². The molecule has 4 nitrogen and oxygen atoms in total. The lowest BCUT2D eigenvalue weighted by atomic mass is 9.91. The van der Waals surface area contributed by atoms with E-state index >= 15 is 0 Å². The van der Waals surface area contributed by atoms with E-state index in [0.717, 1.165) is 22.3 Å². The summed E-state index contributed by atoms with van der Waals surface area (Å²) >= 11 is 1.72. The van der Waals surface area contributed by atoms with Gasteiger partial charge in [-0.2, -0.15) is 11.8 Å². The molecule has 0 atom stereocenters. The summed E-state index contributed by atoms with van der Waals surface area (Å²) in [5.41, 5.74) is -0.633. The zero-order valence-electron chi connectivity index (χ0n) is 12.0. The van der Waals surface area contributed by atoms with Crippen molar-refractivity contribution in [2.75, 3.05) is 11.5 Å². The Labute approximate surface area is 132 Å². The molecule has 0 radical (unpaired) electrons. The molecule has 2 aromatic carbocycles. The number of carboxylic acid groups (broad SMARTS) is 1. The van der Waals surface area contributed by atoms with Crippen molar-refractivity contribution in [2.45, 2.75) is 18.4 Å². The van der Waals surface area contributed by atoms with E-state index in [0.29, 0.717) is 18.4 Å². The summed E-state index contributed by atoms with van der Waals surface area (Å²) in [5.74, 6) is 0.246. The minimum Gasteiger partial charge on any atom is -0.480 e. The second-order valence-corrected chi connectivity index (χ2v) is 6.74. The molecule has 2 aromatic rings. The number of carboxylic acids is 1. The Hall–Kier alpha value is -2.01. The molecule has 22 heavy (non-hydrogen) atoms. The van der Waals surface area contributed by atoms with Crippen molar-refractivity contribution in [2.24, 2.45) is 0 Å². The molecule has 1 aliphatic rings. The fourth-order valence-corrected chi connectivity index (χ4v) is 3.92. The van der Waals surface area contributed by atoms with E-state index in [1.807, 2.05) is 30.3 Å². The fraction of sp³-hybridized carbons (Fsp3) is 0.294. The van der Waals surface area contributed by atoms with Gasteiger partial charge in [-0.05, 0) is 47.3 Å². The lowest BCUT2D eigenvalue weighted by molar-refractivity contribution is -0.144.